The zero-order valence-corrected chi connectivity index (χ0v) is 9.73. The van der Waals surface area contributed by atoms with E-state index in [1.807, 2.05) is 0 Å². The van der Waals surface area contributed by atoms with Crippen LogP contribution in [0.15, 0.2) is 12.2 Å². The first-order valence-electron chi connectivity index (χ1n) is 5.23. The molecule has 0 atom stereocenters. The SMILES string of the molecule is C=C(C(C)C)C1CC2(C1)CS(=O)(=O)C2. The molecule has 1 aliphatic heterocycles. The zero-order chi connectivity index (χ0) is 10.6. The summed E-state index contributed by atoms with van der Waals surface area (Å²) < 4.78 is 22.2. The number of allylic oxidation sites excluding steroid dienone is 1. The van der Waals surface area contributed by atoms with Crippen LogP contribution in [0.5, 0.6) is 0 Å². The number of sulfone groups is 1. The molecule has 3 heteroatoms. The molecule has 0 aromatic carbocycles. The lowest BCUT2D eigenvalue weighted by Gasteiger charge is -2.54. The standard InChI is InChI=1S/C11H18O2S/c1-8(2)9(3)10-4-11(5-10)6-14(12,13)7-11/h8,10H,3-7H2,1-2H3. The third-order valence-electron chi connectivity index (χ3n) is 3.68. The van der Waals surface area contributed by atoms with Crippen LogP contribution in [-0.2, 0) is 9.84 Å². The van der Waals surface area contributed by atoms with Crippen molar-refractivity contribution in [2.75, 3.05) is 11.5 Å². The highest BCUT2D eigenvalue weighted by molar-refractivity contribution is 7.92. The molecular formula is C11H18O2S. The van der Waals surface area contributed by atoms with Crippen molar-refractivity contribution in [2.24, 2.45) is 17.3 Å². The Morgan fingerprint density at radius 1 is 1.36 bits per heavy atom. The minimum Gasteiger partial charge on any atom is -0.229 e. The molecule has 1 aliphatic carbocycles. The second kappa shape index (κ2) is 2.84. The Labute approximate surface area is 86.3 Å². The zero-order valence-electron chi connectivity index (χ0n) is 8.91. The molecular weight excluding hydrogens is 196 g/mol. The molecule has 80 valence electrons. The van der Waals surface area contributed by atoms with Gasteiger partial charge >= 0.3 is 0 Å². The quantitative estimate of drug-likeness (QED) is 0.659. The molecule has 0 bridgehead atoms. The first kappa shape index (κ1) is 10.2. The summed E-state index contributed by atoms with van der Waals surface area (Å²) >= 11 is 0. The predicted molar refractivity (Wildman–Crippen MR) is 57.8 cm³/mol. The second-order valence-electron chi connectivity index (χ2n) is 5.37. The summed E-state index contributed by atoms with van der Waals surface area (Å²) in [5, 5.41) is 0. The van der Waals surface area contributed by atoms with Gasteiger partial charge in [-0.2, -0.15) is 0 Å². The minimum absolute atomic E-state index is 0.168. The van der Waals surface area contributed by atoms with Crippen LogP contribution in [0.3, 0.4) is 0 Å². The van der Waals surface area contributed by atoms with E-state index in [0.29, 0.717) is 23.3 Å². The molecule has 1 saturated carbocycles. The molecule has 1 spiro atoms. The van der Waals surface area contributed by atoms with E-state index in [9.17, 15) is 8.42 Å². The van der Waals surface area contributed by atoms with Gasteiger partial charge in [-0.25, -0.2) is 8.42 Å². The largest absolute Gasteiger partial charge is 0.229 e. The van der Waals surface area contributed by atoms with Crippen molar-refractivity contribution in [3.63, 3.8) is 0 Å². The fourth-order valence-electron chi connectivity index (χ4n) is 2.85. The van der Waals surface area contributed by atoms with Crippen molar-refractivity contribution in [2.45, 2.75) is 26.7 Å². The van der Waals surface area contributed by atoms with Gasteiger partial charge in [0.15, 0.2) is 9.84 Å². The summed E-state index contributed by atoms with van der Waals surface area (Å²) in [5.41, 5.74) is 1.47. The fraction of sp³-hybridized carbons (Fsp3) is 0.818. The van der Waals surface area contributed by atoms with Crippen LogP contribution in [0.2, 0.25) is 0 Å². The van der Waals surface area contributed by atoms with Gasteiger partial charge in [-0.15, -0.1) is 0 Å². The highest BCUT2D eigenvalue weighted by Crippen LogP contribution is 2.56. The molecule has 0 amide bonds. The lowest BCUT2D eigenvalue weighted by molar-refractivity contribution is 0.106. The fourth-order valence-corrected chi connectivity index (χ4v) is 5.10. The summed E-state index contributed by atoms with van der Waals surface area (Å²) in [7, 11) is -2.65. The summed E-state index contributed by atoms with van der Waals surface area (Å²) in [4.78, 5) is 0. The smallest absolute Gasteiger partial charge is 0.151 e. The van der Waals surface area contributed by atoms with Gasteiger partial charge in [0, 0.05) is 0 Å². The van der Waals surface area contributed by atoms with Crippen LogP contribution in [0.1, 0.15) is 26.7 Å². The highest BCUT2D eigenvalue weighted by Gasteiger charge is 2.56. The lowest BCUT2D eigenvalue weighted by atomic mass is 9.60. The van der Waals surface area contributed by atoms with Crippen molar-refractivity contribution in [3.8, 4) is 0 Å². The Morgan fingerprint density at radius 3 is 2.21 bits per heavy atom. The normalized spacial score (nSPS) is 28.5. The van der Waals surface area contributed by atoms with Crippen molar-refractivity contribution in [3.05, 3.63) is 12.2 Å². The Hall–Kier alpha value is -0.310. The molecule has 1 heterocycles. The maximum atomic E-state index is 11.1. The van der Waals surface area contributed by atoms with Crippen molar-refractivity contribution >= 4 is 9.84 Å². The first-order valence-corrected chi connectivity index (χ1v) is 7.05. The third kappa shape index (κ3) is 1.52. The molecule has 2 fully saturated rings. The Morgan fingerprint density at radius 2 is 1.86 bits per heavy atom. The summed E-state index contributed by atoms with van der Waals surface area (Å²) in [6.07, 6.45) is 2.12. The monoisotopic (exact) mass is 214 g/mol. The van der Waals surface area contributed by atoms with E-state index >= 15 is 0 Å². The number of hydrogen-bond donors (Lipinski definition) is 0. The van der Waals surface area contributed by atoms with Gasteiger partial charge in [-0.05, 0) is 30.1 Å². The van der Waals surface area contributed by atoms with E-state index in [2.05, 4.69) is 20.4 Å². The van der Waals surface area contributed by atoms with E-state index < -0.39 is 9.84 Å². The molecule has 2 nitrogen and oxygen atoms in total. The first-order chi connectivity index (χ1) is 6.34. The van der Waals surface area contributed by atoms with E-state index in [1.165, 1.54) is 5.57 Å². The average molecular weight is 214 g/mol. The Kier molecular flexibility index (Phi) is 2.08. The summed E-state index contributed by atoms with van der Waals surface area (Å²) in [6, 6.07) is 0. The van der Waals surface area contributed by atoms with Gasteiger partial charge in [0.2, 0.25) is 0 Å². The molecule has 0 aromatic rings. The molecule has 0 N–H and O–H groups in total. The van der Waals surface area contributed by atoms with Crippen molar-refractivity contribution in [1.29, 1.82) is 0 Å². The number of rotatable bonds is 2. The van der Waals surface area contributed by atoms with Gasteiger partial charge in [0.05, 0.1) is 11.5 Å². The van der Waals surface area contributed by atoms with E-state index in [-0.39, 0.29) is 5.41 Å². The van der Waals surface area contributed by atoms with Gasteiger partial charge in [0.1, 0.15) is 0 Å². The van der Waals surface area contributed by atoms with Gasteiger partial charge in [-0.1, -0.05) is 26.0 Å². The van der Waals surface area contributed by atoms with Crippen LogP contribution >= 0.6 is 0 Å². The number of hydrogen-bond acceptors (Lipinski definition) is 2. The van der Waals surface area contributed by atoms with E-state index in [4.69, 9.17) is 0 Å². The maximum absolute atomic E-state index is 11.1. The Bertz CT molecular complexity index is 345. The molecule has 2 rings (SSSR count). The van der Waals surface area contributed by atoms with Gasteiger partial charge in [-0.3, -0.25) is 0 Å². The van der Waals surface area contributed by atoms with Crippen LogP contribution in [0.25, 0.3) is 0 Å². The lowest BCUT2D eigenvalue weighted by Crippen LogP contribution is -2.56. The van der Waals surface area contributed by atoms with Crippen LogP contribution in [0.4, 0.5) is 0 Å². The Balaban J connectivity index is 1.90. The molecule has 0 unspecified atom stereocenters. The minimum atomic E-state index is -2.65. The molecule has 1 saturated heterocycles. The average Bonchev–Trinajstić information content (AvgIpc) is 1.93. The summed E-state index contributed by atoms with van der Waals surface area (Å²) in [6.45, 7) is 8.40. The maximum Gasteiger partial charge on any atom is 0.151 e. The highest BCUT2D eigenvalue weighted by atomic mass is 32.2. The molecule has 2 aliphatic rings. The van der Waals surface area contributed by atoms with E-state index in [1.54, 1.807) is 0 Å². The van der Waals surface area contributed by atoms with Crippen molar-refractivity contribution in [1.82, 2.24) is 0 Å². The van der Waals surface area contributed by atoms with Gasteiger partial charge < -0.3 is 0 Å². The second-order valence-corrected chi connectivity index (χ2v) is 7.43. The topological polar surface area (TPSA) is 34.1 Å². The van der Waals surface area contributed by atoms with Crippen LogP contribution in [-0.4, -0.2) is 19.9 Å². The molecule has 14 heavy (non-hydrogen) atoms. The van der Waals surface area contributed by atoms with Crippen LogP contribution in [0, 0.1) is 17.3 Å². The third-order valence-corrected chi connectivity index (χ3v) is 5.78. The van der Waals surface area contributed by atoms with E-state index in [0.717, 1.165) is 12.8 Å². The van der Waals surface area contributed by atoms with Crippen LogP contribution < -0.4 is 0 Å². The van der Waals surface area contributed by atoms with Gasteiger partial charge in [0.25, 0.3) is 0 Å². The molecule has 0 aromatic heterocycles. The van der Waals surface area contributed by atoms with Crippen molar-refractivity contribution < 1.29 is 8.42 Å². The molecule has 0 radical (unpaired) electrons. The predicted octanol–water partition coefficient (Wildman–Crippen LogP) is 2.02. The summed E-state index contributed by atoms with van der Waals surface area (Å²) in [5.74, 6) is 1.99.